The fraction of sp³-hybridized carbons (Fsp3) is 0.636. The van der Waals surface area contributed by atoms with Crippen molar-refractivity contribution in [2.45, 2.75) is 43.2 Å². The lowest BCUT2D eigenvalue weighted by Gasteiger charge is -2.25. The number of hydrogen-bond donors (Lipinski definition) is 2. The van der Waals surface area contributed by atoms with E-state index in [1.807, 2.05) is 0 Å². The van der Waals surface area contributed by atoms with Crippen molar-refractivity contribution in [3.8, 4) is 6.07 Å². The Kier molecular flexibility index (Phi) is 3.99. The van der Waals surface area contributed by atoms with Crippen LogP contribution in [0.1, 0.15) is 32.1 Å². The van der Waals surface area contributed by atoms with Crippen LogP contribution >= 0.6 is 0 Å². The predicted molar refractivity (Wildman–Crippen MR) is 64.9 cm³/mol. The first-order valence-corrected chi connectivity index (χ1v) is 7.53. The Morgan fingerprint density at radius 2 is 2.17 bits per heavy atom. The van der Waals surface area contributed by atoms with Gasteiger partial charge in [-0.05, 0) is 24.8 Å². The van der Waals surface area contributed by atoms with Crippen LogP contribution in [0.15, 0.2) is 17.3 Å². The van der Waals surface area contributed by atoms with E-state index >= 15 is 0 Å². The standard InChI is InChI=1S/C11H16N4O2S/c12-8-10(9-4-2-1-3-5-9)15-18(16,17)11-6-7-13-14-11/h6-7,9-10,15H,1-5H2,(H,13,14). The van der Waals surface area contributed by atoms with Crippen LogP contribution in [-0.4, -0.2) is 24.7 Å². The average molecular weight is 268 g/mol. The van der Waals surface area contributed by atoms with E-state index < -0.39 is 16.1 Å². The third-order valence-electron chi connectivity index (χ3n) is 3.31. The lowest BCUT2D eigenvalue weighted by molar-refractivity contribution is 0.323. The summed E-state index contributed by atoms with van der Waals surface area (Å²) in [5.41, 5.74) is 0. The number of rotatable bonds is 4. The molecule has 1 aliphatic carbocycles. The molecule has 0 aliphatic heterocycles. The van der Waals surface area contributed by atoms with Crippen LogP contribution in [0, 0.1) is 17.2 Å². The second kappa shape index (κ2) is 5.50. The van der Waals surface area contributed by atoms with Crippen LogP contribution in [0.25, 0.3) is 0 Å². The monoisotopic (exact) mass is 268 g/mol. The van der Waals surface area contributed by atoms with Crippen LogP contribution in [0.2, 0.25) is 0 Å². The van der Waals surface area contributed by atoms with E-state index in [9.17, 15) is 8.42 Å². The molecule has 1 atom stereocenters. The Balaban J connectivity index is 2.09. The summed E-state index contributed by atoms with van der Waals surface area (Å²) in [7, 11) is -3.67. The first-order valence-electron chi connectivity index (χ1n) is 6.05. The van der Waals surface area contributed by atoms with Gasteiger partial charge in [-0.25, -0.2) is 8.42 Å². The van der Waals surface area contributed by atoms with E-state index in [1.54, 1.807) is 0 Å². The van der Waals surface area contributed by atoms with Crippen molar-refractivity contribution < 1.29 is 8.42 Å². The maximum absolute atomic E-state index is 12.0. The zero-order chi connectivity index (χ0) is 13.0. The van der Waals surface area contributed by atoms with Crippen LogP contribution in [-0.2, 0) is 10.0 Å². The molecule has 18 heavy (non-hydrogen) atoms. The molecular formula is C11H16N4O2S. The Bertz CT molecular complexity index is 512. The minimum absolute atomic E-state index is 0.00133. The number of hydrogen-bond acceptors (Lipinski definition) is 4. The summed E-state index contributed by atoms with van der Waals surface area (Å²) in [4.78, 5) is 0. The highest BCUT2D eigenvalue weighted by atomic mass is 32.2. The van der Waals surface area contributed by atoms with Crippen molar-refractivity contribution in [2.75, 3.05) is 0 Å². The van der Waals surface area contributed by atoms with Gasteiger partial charge in [-0.3, -0.25) is 5.10 Å². The summed E-state index contributed by atoms with van der Waals surface area (Å²) in [5.74, 6) is 0.112. The average Bonchev–Trinajstić information content (AvgIpc) is 2.92. The molecule has 2 rings (SSSR count). The first kappa shape index (κ1) is 13.1. The molecule has 2 N–H and O–H groups in total. The number of sulfonamides is 1. The summed E-state index contributed by atoms with van der Waals surface area (Å²) >= 11 is 0. The van der Waals surface area contributed by atoms with Crippen molar-refractivity contribution in [1.29, 1.82) is 5.26 Å². The molecule has 0 radical (unpaired) electrons. The van der Waals surface area contributed by atoms with E-state index in [0.29, 0.717) is 0 Å². The molecule has 1 fully saturated rings. The maximum Gasteiger partial charge on any atom is 0.258 e. The van der Waals surface area contributed by atoms with Gasteiger partial charge in [-0.15, -0.1) is 0 Å². The van der Waals surface area contributed by atoms with Crippen molar-refractivity contribution in [3.05, 3.63) is 12.3 Å². The van der Waals surface area contributed by atoms with Crippen molar-refractivity contribution in [3.63, 3.8) is 0 Å². The summed E-state index contributed by atoms with van der Waals surface area (Å²) in [6, 6.07) is 2.78. The van der Waals surface area contributed by atoms with Crippen molar-refractivity contribution in [1.82, 2.24) is 14.9 Å². The number of aromatic amines is 1. The minimum Gasteiger partial charge on any atom is -0.266 e. The second-order valence-corrected chi connectivity index (χ2v) is 6.23. The molecular weight excluding hydrogens is 252 g/mol. The maximum atomic E-state index is 12.0. The van der Waals surface area contributed by atoms with Gasteiger partial charge < -0.3 is 0 Å². The molecule has 7 heteroatoms. The highest BCUT2D eigenvalue weighted by Crippen LogP contribution is 2.26. The van der Waals surface area contributed by atoms with Gasteiger partial charge in [0.05, 0.1) is 12.3 Å². The van der Waals surface area contributed by atoms with Gasteiger partial charge >= 0.3 is 0 Å². The van der Waals surface area contributed by atoms with Crippen molar-refractivity contribution >= 4 is 10.0 Å². The van der Waals surface area contributed by atoms with E-state index in [1.165, 1.54) is 18.7 Å². The molecule has 0 aromatic carbocycles. The molecule has 0 bridgehead atoms. The zero-order valence-corrected chi connectivity index (χ0v) is 10.8. The van der Waals surface area contributed by atoms with Gasteiger partial charge in [-0.2, -0.15) is 15.1 Å². The quantitative estimate of drug-likeness (QED) is 0.856. The van der Waals surface area contributed by atoms with E-state index in [4.69, 9.17) is 5.26 Å². The molecule has 1 aromatic heterocycles. The van der Waals surface area contributed by atoms with Gasteiger partial charge in [0.1, 0.15) is 6.04 Å². The number of nitrogens with one attached hydrogen (secondary N) is 2. The van der Waals surface area contributed by atoms with E-state index in [-0.39, 0.29) is 10.9 Å². The molecule has 1 saturated carbocycles. The minimum atomic E-state index is -3.67. The molecule has 1 aromatic rings. The zero-order valence-electron chi connectivity index (χ0n) is 9.96. The molecule has 0 spiro atoms. The number of H-pyrrole nitrogens is 1. The van der Waals surface area contributed by atoms with Crippen LogP contribution in [0.5, 0.6) is 0 Å². The molecule has 98 valence electrons. The SMILES string of the molecule is N#CC(NS(=O)(=O)c1ccn[nH]1)C1CCCCC1. The first-order chi connectivity index (χ1) is 8.63. The van der Waals surface area contributed by atoms with Crippen LogP contribution < -0.4 is 4.72 Å². The Morgan fingerprint density at radius 1 is 1.44 bits per heavy atom. The normalized spacial score (nSPS) is 19.3. The van der Waals surface area contributed by atoms with Gasteiger partial charge in [-0.1, -0.05) is 19.3 Å². The lowest BCUT2D eigenvalue weighted by Crippen LogP contribution is -2.40. The second-order valence-electron chi connectivity index (χ2n) is 4.55. The summed E-state index contributed by atoms with van der Waals surface area (Å²) in [6.45, 7) is 0. The molecule has 1 unspecified atom stereocenters. The van der Waals surface area contributed by atoms with Gasteiger partial charge in [0.2, 0.25) is 0 Å². The lowest BCUT2D eigenvalue weighted by atomic mass is 9.85. The highest BCUT2D eigenvalue weighted by Gasteiger charge is 2.28. The molecule has 6 nitrogen and oxygen atoms in total. The van der Waals surface area contributed by atoms with Crippen LogP contribution in [0.3, 0.4) is 0 Å². The topological polar surface area (TPSA) is 98.6 Å². The summed E-state index contributed by atoms with van der Waals surface area (Å²) < 4.78 is 26.4. The van der Waals surface area contributed by atoms with E-state index in [2.05, 4.69) is 21.0 Å². The van der Waals surface area contributed by atoms with Crippen molar-refractivity contribution in [2.24, 2.45) is 5.92 Å². The molecule has 0 amide bonds. The molecule has 1 aliphatic rings. The fourth-order valence-electron chi connectivity index (χ4n) is 2.32. The van der Waals surface area contributed by atoms with Gasteiger partial charge in [0.15, 0.2) is 5.03 Å². The van der Waals surface area contributed by atoms with Gasteiger partial charge in [0, 0.05) is 0 Å². The number of nitriles is 1. The number of aromatic nitrogens is 2. The fourth-order valence-corrected chi connectivity index (χ4v) is 3.44. The largest absolute Gasteiger partial charge is 0.266 e. The number of nitrogens with zero attached hydrogens (tertiary/aromatic N) is 2. The third kappa shape index (κ3) is 2.89. The molecule has 1 heterocycles. The highest BCUT2D eigenvalue weighted by molar-refractivity contribution is 7.89. The summed E-state index contributed by atoms with van der Waals surface area (Å²) in [5, 5.41) is 15.1. The Labute approximate surface area is 106 Å². The van der Waals surface area contributed by atoms with Gasteiger partial charge in [0.25, 0.3) is 10.0 Å². The van der Waals surface area contributed by atoms with E-state index in [0.717, 1.165) is 25.7 Å². The van der Waals surface area contributed by atoms with Crippen LogP contribution in [0.4, 0.5) is 0 Å². The predicted octanol–water partition coefficient (Wildman–Crippen LogP) is 1.16. The Hall–Kier alpha value is -1.39. The Morgan fingerprint density at radius 3 is 2.72 bits per heavy atom. The smallest absolute Gasteiger partial charge is 0.258 e. The third-order valence-corrected chi connectivity index (χ3v) is 4.68. The molecule has 0 saturated heterocycles. The summed E-state index contributed by atoms with van der Waals surface area (Å²) in [6.07, 6.45) is 6.48.